The van der Waals surface area contributed by atoms with Crippen molar-refractivity contribution in [2.24, 2.45) is 0 Å². The Balaban J connectivity index is 1.80. The number of nitrogens with zero attached hydrogens (tertiary/aromatic N) is 3. The molecule has 17 heavy (non-hydrogen) atoms. The molecule has 1 saturated heterocycles. The lowest BCUT2D eigenvalue weighted by atomic mass is 10.2. The third kappa shape index (κ3) is 2.43. The van der Waals surface area contributed by atoms with Crippen LogP contribution in [0, 0.1) is 0 Å². The van der Waals surface area contributed by atoms with Crippen molar-refractivity contribution in [1.29, 1.82) is 0 Å². The highest BCUT2D eigenvalue weighted by molar-refractivity contribution is 5.74. The van der Waals surface area contributed by atoms with Crippen molar-refractivity contribution >= 4 is 11.0 Å². The van der Waals surface area contributed by atoms with Gasteiger partial charge in [-0.15, -0.1) is 0 Å². The fraction of sp³-hybridized carbons (Fsp3) is 0.385. The third-order valence-electron chi connectivity index (χ3n) is 3.12. The molecule has 1 aliphatic heterocycles. The van der Waals surface area contributed by atoms with Crippen molar-refractivity contribution in [2.45, 2.75) is 6.54 Å². The lowest BCUT2D eigenvalue weighted by Crippen LogP contribution is -2.43. The van der Waals surface area contributed by atoms with Gasteiger partial charge in [-0.3, -0.25) is 4.90 Å². The van der Waals surface area contributed by atoms with Gasteiger partial charge in [-0.2, -0.15) is 0 Å². The molecule has 4 heteroatoms. The van der Waals surface area contributed by atoms with Crippen LogP contribution in [0.5, 0.6) is 0 Å². The van der Waals surface area contributed by atoms with Gasteiger partial charge in [0.05, 0.1) is 5.69 Å². The molecule has 3 heterocycles. The zero-order valence-corrected chi connectivity index (χ0v) is 9.76. The molecule has 0 unspecified atom stereocenters. The molecule has 1 fully saturated rings. The second kappa shape index (κ2) is 4.77. The number of hydrogen-bond donors (Lipinski definition) is 1. The van der Waals surface area contributed by atoms with E-state index in [1.807, 2.05) is 12.1 Å². The second-order valence-electron chi connectivity index (χ2n) is 4.38. The molecular weight excluding hydrogens is 212 g/mol. The molecule has 2 aromatic heterocycles. The molecule has 4 nitrogen and oxygen atoms in total. The zero-order valence-electron chi connectivity index (χ0n) is 9.76. The summed E-state index contributed by atoms with van der Waals surface area (Å²) in [5, 5.41) is 4.46. The second-order valence-corrected chi connectivity index (χ2v) is 4.38. The van der Waals surface area contributed by atoms with Crippen LogP contribution in [0.1, 0.15) is 5.69 Å². The molecule has 2 aromatic rings. The van der Waals surface area contributed by atoms with Crippen molar-refractivity contribution in [3.05, 3.63) is 36.2 Å². The van der Waals surface area contributed by atoms with Crippen molar-refractivity contribution in [3.8, 4) is 0 Å². The molecule has 0 amide bonds. The first-order valence-corrected chi connectivity index (χ1v) is 6.05. The highest BCUT2D eigenvalue weighted by Crippen LogP contribution is 2.10. The van der Waals surface area contributed by atoms with Gasteiger partial charge in [-0.25, -0.2) is 9.97 Å². The van der Waals surface area contributed by atoms with E-state index < -0.39 is 0 Å². The summed E-state index contributed by atoms with van der Waals surface area (Å²) < 4.78 is 0. The van der Waals surface area contributed by atoms with Gasteiger partial charge in [-0.05, 0) is 24.3 Å². The number of fused-ring (bicyclic) bond motifs is 1. The number of rotatable bonds is 2. The predicted molar refractivity (Wildman–Crippen MR) is 67.7 cm³/mol. The van der Waals surface area contributed by atoms with Crippen LogP contribution in [0.4, 0.5) is 0 Å². The SMILES string of the molecule is c1cnc2nc(CN3CCNCC3)ccc2c1. The van der Waals surface area contributed by atoms with Gasteiger partial charge in [0, 0.05) is 44.3 Å². The van der Waals surface area contributed by atoms with Crippen LogP contribution in [0.3, 0.4) is 0 Å². The highest BCUT2D eigenvalue weighted by atomic mass is 15.2. The number of piperazine rings is 1. The molecule has 0 aromatic carbocycles. The van der Waals surface area contributed by atoms with Crippen LogP contribution in [-0.4, -0.2) is 41.0 Å². The van der Waals surface area contributed by atoms with Gasteiger partial charge in [0.1, 0.15) is 0 Å². The first kappa shape index (κ1) is 10.6. The molecule has 0 saturated carbocycles. The minimum absolute atomic E-state index is 0.847. The Bertz CT molecular complexity index is 506. The van der Waals surface area contributed by atoms with E-state index >= 15 is 0 Å². The quantitative estimate of drug-likeness (QED) is 0.833. The maximum Gasteiger partial charge on any atom is 0.159 e. The standard InChI is InChI=1S/C13H16N4/c1-2-11-3-4-12(16-13(11)15-5-1)10-17-8-6-14-7-9-17/h1-5,14H,6-10H2. The van der Waals surface area contributed by atoms with E-state index in [2.05, 4.69) is 32.3 Å². The van der Waals surface area contributed by atoms with Gasteiger partial charge in [-0.1, -0.05) is 0 Å². The normalized spacial score (nSPS) is 17.4. The number of hydrogen-bond acceptors (Lipinski definition) is 4. The van der Waals surface area contributed by atoms with Crippen molar-refractivity contribution in [3.63, 3.8) is 0 Å². The number of aromatic nitrogens is 2. The van der Waals surface area contributed by atoms with Gasteiger partial charge in [0.2, 0.25) is 0 Å². The highest BCUT2D eigenvalue weighted by Gasteiger charge is 2.10. The van der Waals surface area contributed by atoms with Crippen LogP contribution in [0.15, 0.2) is 30.5 Å². The van der Waals surface area contributed by atoms with Gasteiger partial charge in [0.25, 0.3) is 0 Å². The molecule has 3 rings (SSSR count). The zero-order chi connectivity index (χ0) is 11.5. The van der Waals surface area contributed by atoms with Crippen LogP contribution >= 0.6 is 0 Å². The van der Waals surface area contributed by atoms with Crippen LogP contribution in [0.25, 0.3) is 11.0 Å². The Labute approximate surface area is 101 Å². The average molecular weight is 228 g/mol. The Morgan fingerprint density at radius 3 is 2.94 bits per heavy atom. The van der Waals surface area contributed by atoms with Gasteiger partial charge < -0.3 is 5.32 Å². The molecule has 1 aliphatic rings. The van der Waals surface area contributed by atoms with Gasteiger partial charge >= 0.3 is 0 Å². The van der Waals surface area contributed by atoms with Crippen LogP contribution in [0.2, 0.25) is 0 Å². The van der Waals surface area contributed by atoms with E-state index in [1.54, 1.807) is 6.20 Å². The molecule has 0 atom stereocenters. The molecule has 0 bridgehead atoms. The van der Waals surface area contributed by atoms with Crippen molar-refractivity contribution in [1.82, 2.24) is 20.2 Å². The smallest absolute Gasteiger partial charge is 0.159 e. The average Bonchev–Trinajstić information content (AvgIpc) is 2.40. The van der Waals surface area contributed by atoms with E-state index in [0.29, 0.717) is 0 Å². The Kier molecular flexibility index (Phi) is 2.98. The minimum Gasteiger partial charge on any atom is -0.314 e. The summed E-state index contributed by atoms with van der Waals surface area (Å²) in [7, 11) is 0. The molecule has 88 valence electrons. The first-order chi connectivity index (χ1) is 8.42. The third-order valence-corrected chi connectivity index (χ3v) is 3.12. The fourth-order valence-corrected chi connectivity index (χ4v) is 2.18. The molecule has 0 spiro atoms. The maximum atomic E-state index is 4.60. The number of nitrogens with one attached hydrogen (secondary N) is 1. The van der Waals surface area contributed by atoms with E-state index in [9.17, 15) is 0 Å². The lowest BCUT2D eigenvalue weighted by molar-refractivity contribution is 0.231. The Hall–Kier alpha value is -1.52. The summed E-state index contributed by atoms with van der Waals surface area (Å²) in [5.41, 5.74) is 1.96. The van der Waals surface area contributed by atoms with E-state index in [4.69, 9.17) is 0 Å². The summed E-state index contributed by atoms with van der Waals surface area (Å²) in [4.78, 5) is 11.3. The molecular formula is C13H16N4. The van der Waals surface area contributed by atoms with Crippen molar-refractivity contribution < 1.29 is 0 Å². The summed E-state index contributed by atoms with van der Waals surface area (Å²) in [6.07, 6.45) is 1.80. The predicted octanol–water partition coefficient (Wildman–Crippen LogP) is 1.03. The lowest BCUT2D eigenvalue weighted by Gasteiger charge is -2.26. The fourth-order valence-electron chi connectivity index (χ4n) is 2.18. The van der Waals surface area contributed by atoms with Crippen molar-refractivity contribution in [2.75, 3.05) is 26.2 Å². The number of pyridine rings is 2. The molecule has 1 N–H and O–H groups in total. The Morgan fingerprint density at radius 2 is 2.06 bits per heavy atom. The largest absolute Gasteiger partial charge is 0.314 e. The summed E-state index contributed by atoms with van der Waals surface area (Å²) in [6.45, 7) is 5.27. The van der Waals surface area contributed by atoms with Crippen LogP contribution < -0.4 is 5.32 Å². The summed E-state index contributed by atoms with van der Waals surface area (Å²) >= 11 is 0. The van der Waals surface area contributed by atoms with E-state index in [-0.39, 0.29) is 0 Å². The monoisotopic (exact) mass is 228 g/mol. The van der Waals surface area contributed by atoms with E-state index in [0.717, 1.165) is 49.5 Å². The summed E-state index contributed by atoms with van der Waals surface area (Å²) in [5.74, 6) is 0. The minimum atomic E-state index is 0.847. The maximum absolute atomic E-state index is 4.60. The summed E-state index contributed by atoms with van der Waals surface area (Å²) in [6, 6.07) is 8.20. The first-order valence-electron chi connectivity index (χ1n) is 6.05. The van der Waals surface area contributed by atoms with E-state index in [1.165, 1.54) is 0 Å². The Morgan fingerprint density at radius 1 is 1.18 bits per heavy atom. The topological polar surface area (TPSA) is 41.1 Å². The van der Waals surface area contributed by atoms with Gasteiger partial charge in [0.15, 0.2) is 5.65 Å². The van der Waals surface area contributed by atoms with Crippen LogP contribution in [-0.2, 0) is 6.54 Å². The molecule has 0 radical (unpaired) electrons. The molecule has 0 aliphatic carbocycles.